The van der Waals surface area contributed by atoms with Gasteiger partial charge in [0.2, 0.25) is 11.1 Å². The van der Waals surface area contributed by atoms with Gasteiger partial charge in [-0.3, -0.25) is 4.79 Å². The molecule has 0 saturated carbocycles. The number of halogens is 1. The summed E-state index contributed by atoms with van der Waals surface area (Å²) in [5.74, 6) is 5.48. The standard InChI is InChI=1S/C12H14ClN5OS/c1-8(20-12-17-16-7-18(12)14)11(19)15-6-9-4-2-3-5-10(9)13/h2-5,7-8H,6,14H2,1H3,(H,15,19)/t8-/m1/s1. The lowest BCUT2D eigenvalue weighted by Crippen LogP contribution is -2.30. The Hall–Kier alpha value is -1.73. The van der Waals surface area contributed by atoms with Gasteiger partial charge in [0, 0.05) is 11.6 Å². The van der Waals surface area contributed by atoms with E-state index in [1.54, 1.807) is 13.0 Å². The minimum Gasteiger partial charge on any atom is -0.351 e. The number of thioether (sulfide) groups is 1. The highest BCUT2D eigenvalue weighted by molar-refractivity contribution is 8.00. The first-order valence-electron chi connectivity index (χ1n) is 5.91. The number of carbonyl (C=O) groups excluding carboxylic acids is 1. The van der Waals surface area contributed by atoms with Crippen LogP contribution in [0.2, 0.25) is 5.02 Å². The number of nitrogens with zero attached hydrogens (tertiary/aromatic N) is 3. The molecule has 106 valence electrons. The van der Waals surface area contributed by atoms with E-state index >= 15 is 0 Å². The molecule has 8 heteroatoms. The molecule has 1 atom stereocenters. The van der Waals surface area contributed by atoms with Gasteiger partial charge >= 0.3 is 0 Å². The van der Waals surface area contributed by atoms with Gasteiger partial charge in [-0.05, 0) is 18.6 Å². The SMILES string of the molecule is C[C@@H](Sc1nncn1N)C(=O)NCc1ccccc1Cl. The number of carbonyl (C=O) groups is 1. The van der Waals surface area contributed by atoms with Gasteiger partial charge in [-0.2, -0.15) is 0 Å². The number of benzene rings is 1. The number of hydrogen-bond acceptors (Lipinski definition) is 5. The Morgan fingerprint density at radius 2 is 2.30 bits per heavy atom. The number of nitrogens with one attached hydrogen (secondary N) is 1. The molecule has 1 heterocycles. The first-order valence-corrected chi connectivity index (χ1v) is 7.16. The lowest BCUT2D eigenvalue weighted by Gasteiger charge is -2.11. The van der Waals surface area contributed by atoms with Gasteiger partial charge in [0.15, 0.2) is 0 Å². The lowest BCUT2D eigenvalue weighted by atomic mass is 10.2. The first kappa shape index (κ1) is 14.7. The van der Waals surface area contributed by atoms with Crippen LogP contribution >= 0.6 is 23.4 Å². The molecule has 0 aliphatic rings. The van der Waals surface area contributed by atoms with E-state index in [0.717, 1.165) is 5.56 Å². The molecule has 0 unspecified atom stereocenters. The van der Waals surface area contributed by atoms with Crippen LogP contribution in [-0.4, -0.2) is 26.0 Å². The fourth-order valence-corrected chi connectivity index (χ4v) is 2.47. The predicted molar refractivity (Wildman–Crippen MR) is 78.8 cm³/mol. The minimum absolute atomic E-state index is 0.113. The van der Waals surface area contributed by atoms with Gasteiger partial charge in [0.05, 0.1) is 5.25 Å². The Kier molecular flexibility index (Phi) is 4.86. The smallest absolute Gasteiger partial charge is 0.233 e. The molecule has 1 amide bonds. The van der Waals surface area contributed by atoms with Gasteiger partial charge < -0.3 is 11.2 Å². The molecule has 0 spiro atoms. The summed E-state index contributed by atoms with van der Waals surface area (Å²) in [6, 6.07) is 7.39. The van der Waals surface area contributed by atoms with Crippen LogP contribution in [0.15, 0.2) is 35.7 Å². The van der Waals surface area contributed by atoms with E-state index in [1.807, 2.05) is 18.2 Å². The number of rotatable bonds is 5. The van der Waals surface area contributed by atoms with Crippen LogP contribution in [0.1, 0.15) is 12.5 Å². The summed E-state index contributed by atoms with van der Waals surface area (Å²) >= 11 is 7.27. The molecule has 6 nitrogen and oxygen atoms in total. The number of aromatic nitrogens is 3. The maximum Gasteiger partial charge on any atom is 0.233 e. The highest BCUT2D eigenvalue weighted by Crippen LogP contribution is 2.20. The van der Waals surface area contributed by atoms with Crippen LogP contribution in [0.25, 0.3) is 0 Å². The summed E-state index contributed by atoms with van der Waals surface area (Å²) in [6.07, 6.45) is 1.39. The van der Waals surface area contributed by atoms with E-state index in [0.29, 0.717) is 16.7 Å². The Bertz CT molecular complexity index is 603. The van der Waals surface area contributed by atoms with Crippen LogP contribution in [0.5, 0.6) is 0 Å². The zero-order valence-electron chi connectivity index (χ0n) is 10.8. The molecule has 3 N–H and O–H groups in total. The number of nitrogens with two attached hydrogens (primary N) is 1. The number of nitrogen functional groups attached to an aromatic ring is 1. The van der Waals surface area contributed by atoms with Gasteiger partial charge in [-0.1, -0.05) is 41.6 Å². The summed E-state index contributed by atoms with van der Waals surface area (Å²) in [5.41, 5.74) is 0.877. The average Bonchev–Trinajstić information content (AvgIpc) is 2.83. The second-order valence-corrected chi connectivity index (χ2v) is 5.81. The number of amides is 1. The van der Waals surface area contributed by atoms with E-state index in [1.165, 1.54) is 22.8 Å². The van der Waals surface area contributed by atoms with Crippen molar-refractivity contribution in [2.45, 2.75) is 23.9 Å². The third-order valence-corrected chi connectivity index (χ3v) is 4.04. The molecule has 2 aromatic rings. The van der Waals surface area contributed by atoms with E-state index < -0.39 is 0 Å². The van der Waals surface area contributed by atoms with Crippen LogP contribution in [0.3, 0.4) is 0 Å². The average molecular weight is 312 g/mol. The van der Waals surface area contributed by atoms with Gasteiger partial charge in [-0.15, -0.1) is 10.2 Å². The second kappa shape index (κ2) is 6.62. The van der Waals surface area contributed by atoms with Crippen LogP contribution in [0, 0.1) is 0 Å². The maximum atomic E-state index is 12.0. The van der Waals surface area contributed by atoms with E-state index in [4.69, 9.17) is 17.4 Å². The summed E-state index contributed by atoms with van der Waals surface area (Å²) in [6.45, 7) is 2.17. The monoisotopic (exact) mass is 311 g/mol. The highest BCUT2D eigenvalue weighted by atomic mass is 35.5. The van der Waals surface area contributed by atoms with Gasteiger partial charge in [-0.25, -0.2) is 4.68 Å². The van der Waals surface area contributed by atoms with Crippen molar-refractivity contribution in [2.75, 3.05) is 5.84 Å². The molecule has 0 aliphatic carbocycles. The molecule has 0 saturated heterocycles. The lowest BCUT2D eigenvalue weighted by molar-refractivity contribution is -0.120. The normalized spacial score (nSPS) is 12.1. The fraction of sp³-hybridized carbons (Fsp3) is 0.250. The number of hydrogen-bond donors (Lipinski definition) is 2. The molecule has 2 rings (SSSR count). The highest BCUT2D eigenvalue weighted by Gasteiger charge is 2.17. The first-order chi connectivity index (χ1) is 9.58. The molecule has 1 aromatic carbocycles. The molecular weight excluding hydrogens is 298 g/mol. The van der Waals surface area contributed by atoms with Crippen molar-refractivity contribution < 1.29 is 4.79 Å². The molecule has 20 heavy (non-hydrogen) atoms. The Labute approximate surface area is 125 Å². The summed E-state index contributed by atoms with van der Waals surface area (Å²) in [5, 5.41) is 11.1. The zero-order valence-corrected chi connectivity index (χ0v) is 12.4. The van der Waals surface area contributed by atoms with Crippen molar-refractivity contribution in [1.82, 2.24) is 20.2 Å². The largest absolute Gasteiger partial charge is 0.351 e. The predicted octanol–water partition coefficient (Wildman–Crippen LogP) is 1.44. The van der Waals surface area contributed by atoms with Crippen molar-refractivity contribution >= 4 is 29.3 Å². The zero-order chi connectivity index (χ0) is 14.5. The van der Waals surface area contributed by atoms with Gasteiger partial charge in [0.1, 0.15) is 6.33 Å². The van der Waals surface area contributed by atoms with E-state index in [-0.39, 0.29) is 11.2 Å². The Balaban J connectivity index is 1.89. The Morgan fingerprint density at radius 3 is 2.95 bits per heavy atom. The van der Waals surface area contributed by atoms with E-state index in [2.05, 4.69) is 15.5 Å². The third kappa shape index (κ3) is 3.64. The molecule has 0 radical (unpaired) electrons. The van der Waals surface area contributed by atoms with Crippen LogP contribution in [-0.2, 0) is 11.3 Å². The fourth-order valence-electron chi connectivity index (χ4n) is 1.50. The summed E-state index contributed by atoms with van der Waals surface area (Å²) < 4.78 is 1.28. The van der Waals surface area contributed by atoms with Crippen molar-refractivity contribution in [3.8, 4) is 0 Å². The molecular formula is C12H14ClN5OS. The van der Waals surface area contributed by atoms with Gasteiger partial charge in [0.25, 0.3) is 0 Å². The molecule has 0 aliphatic heterocycles. The van der Waals surface area contributed by atoms with Crippen molar-refractivity contribution in [2.24, 2.45) is 0 Å². The van der Waals surface area contributed by atoms with Crippen LogP contribution < -0.4 is 11.2 Å². The quantitative estimate of drug-likeness (QED) is 0.644. The van der Waals surface area contributed by atoms with E-state index in [9.17, 15) is 4.79 Å². The molecule has 0 fully saturated rings. The topological polar surface area (TPSA) is 85.8 Å². The minimum atomic E-state index is -0.330. The third-order valence-electron chi connectivity index (χ3n) is 2.60. The Morgan fingerprint density at radius 1 is 1.55 bits per heavy atom. The van der Waals surface area contributed by atoms with Crippen molar-refractivity contribution in [3.63, 3.8) is 0 Å². The van der Waals surface area contributed by atoms with Crippen LogP contribution in [0.4, 0.5) is 0 Å². The molecule has 0 bridgehead atoms. The summed E-state index contributed by atoms with van der Waals surface area (Å²) in [4.78, 5) is 12.0. The molecule has 1 aromatic heterocycles. The van der Waals surface area contributed by atoms with Crippen molar-refractivity contribution in [3.05, 3.63) is 41.2 Å². The summed E-state index contributed by atoms with van der Waals surface area (Å²) in [7, 11) is 0. The maximum absolute atomic E-state index is 12.0. The second-order valence-electron chi connectivity index (χ2n) is 4.09. The van der Waals surface area contributed by atoms with Crippen molar-refractivity contribution in [1.29, 1.82) is 0 Å².